The van der Waals surface area contributed by atoms with Crippen molar-refractivity contribution in [2.24, 2.45) is 11.8 Å². The van der Waals surface area contributed by atoms with Gasteiger partial charge in [0, 0.05) is 6.61 Å². The van der Waals surface area contributed by atoms with Gasteiger partial charge in [-0.25, -0.2) is 4.79 Å². The third kappa shape index (κ3) is 7.68. The predicted octanol–water partition coefficient (Wildman–Crippen LogP) is 5.65. The molecule has 5 nitrogen and oxygen atoms in total. The topological polar surface area (TPSA) is 67.8 Å². The molecule has 0 bridgehead atoms. The summed E-state index contributed by atoms with van der Waals surface area (Å²) in [6, 6.07) is 20.9. The Bertz CT molecular complexity index is 925. The molecule has 204 valence electrons. The molecule has 2 N–H and O–H groups in total. The van der Waals surface area contributed by atoms with Gasteiger partial charge in [-0.3, -0.25) is 0 Å². The smallest absolute Gasteiger partial charge is 0.407 e. The molecule has 0 saturated heterocycles. The Balaban J connectivity index is 1.99. The van der Waals surface area contributed by atoms with Gasteiger partial charge >= 0.3 is 6.09 Å². The van der Waals surface area contributed by atoms with E-state index in [4.69, 9.17) is 9.16 Å². The molecular weight excluding hydrogens is 478 g/mol. The number of amides is 1. The Morgan fingerprint density at radius 1 is 0.973 bits per heavy atom. The number of rotatable bonds is 11. The van der Waals surface area contributed by atoms with Crippen molar-refractivity contribution in [2.45, 2.75) is 90.3 Å². The number of carbonyl (C=O) groups is 1. The van der Waals surface area contributed by atoms with Crippen molar-refractivity contribution in [3.05, 3.63) is 60.7 Å². The molecule has 37 heavy (non-hydrogen) atoms. The van der Waals surface area contributed by atoms with E-state index in [2.05, 4.69) is 74.6 Å². The third-order valence-corrected chi connectivity index (χ3v) is 12.5. The maximum Gasteiger partial charge on any atom is 0.407 e. The molecule has 3 rings (SSSR count). The monoisotopic (exact) mass is 525 g/mol. The van der Waals surface area contributed by atoms with Crippen LogP contribution in [0.5, 0.6) is 0 Å². The third-order valence-electron chi connectivity index (χ3n) is 7.53. The first-order valence-electron chi connectivity index (χ1n) is 13.8. The average molecular weight is 526 g/mol. The zero-order valence-electron chi connectivity index (χ0n) is 23.6. The van der Waals surface area contributed by atoms with Crippen molar-refractivity contribution in [2.75, 3.05) is 13.2 Å². The molecule has 0 aromatic heterocycles. The Morgan fingerprint density at radius 3 is 1.92 bits per heavy atom. The van der Waals surface area contributed by atoms with Crippen molar-refractivity contribution >= 4 is 24.8 Å². The van der Waals surface area contributed by atoms with Crippen LogP contribution in [0.2, 0.25) is 5.04 Å². The van der Waals surface area contributed by atoms with Crippen LogP contribution in [-0.2, 0) is 9.16 Å². The SMILES string of the molecule is CC(C)(C)OC(=O)N[C@@H](CO[Si](c1ccccc1)(c1ccccc1)C(C)(C)C)[C@@H](CCO)CC1CCC1. The largest absolute Gasteiger partial charge is 0.444 e. The minimum atomic E-state index is -2.77. The number of benzene rings is 2. The molecule has 0 unspecified atom stereocenters. The van der Waals surface area contributed by atoms with Gasteiger partial charge in [0.1, 0.15) is 5.60 Å². The van der Waals surface area contributed by atoms with Gasteiger partial charge in [-0.1, -0.05) is 101 Å². The van der Waals surface area contributed by atoms with Crippen molar-refractivity contribution in [3.63, 3.8) is 0 Å². The van der Waals surface area contributed by atoms with E-state index in [1.54, 1.807) is 0 Å². The fraction of sp³-hybridized carbons (Fsp3) is 0.581. The molecule has 0 spiro atoms. The second-order valence-corrected chi connectivity index (χ2v) is 16.8. The number of ether oxygens (including phenoxy) is 1. The molecule has 1 aliphatic carbocycles. The van der Waals surface area contributed by atoms with E-state index in [0.29, 0.717) is 18.9 Å². The molecular formula is C31H47NO4Si. The molecule has 1 amide bonds. The molecule has 2 aromatic rings. The Morgan fingerprint density at radius 2 is 1.51 bits per heavy atom. The highest BCUT2D eigenvalue weighted by Crippen LogP contribution is 2.38. The Kier molecular flexibility index (Phi) is 10.0. The lowest BCUT2D eigenvalue weighted by atomic mass is 9.76. The van der Waals surface area contributed by atoms with Crippen LogP contribution >= 0.6 is 0 Å². The molecule has 1 fully saturated rings. The van der Waals surface area contributed by atoms with Crippen LogP contribution in [0.1, 0.15) is 73.6 Å². The van der Waals surface area contributed by atoms with Crippen molar-refractivity contribution in [3.8, 4) is 0 Å². The number of alkyl carbamates (subject to hydrolysis) is 1. The van der Waals surface area contributed by atoms with Crippen LogP contribution in [0.3, 0.4) is 0 Å². The van der Waals surface area contributed by atoms with E-state index in [-0.39, 0.29) is 23.6 Å². The lowest BCUT2D eigenvalue weighted by Crippen LogP contribution is -2.67. The van der Waals surface area contributed by atoms with Crippen LogP contribution in [0.15, 0.2) is 60.7 Å². The standard InChI is InChI=1S/C31H47NO4Si/c1-30(2,3)36-29(34)32-28(25(20-21-33)22-24-14-13-15-24)23-35-37(31(4,5)6,26-16-9-7-10-17-26)27-18-11-8-12-19-27/h7-12,16-19,24-25,28,33H,13-15,20-23H2,1-6H3,(H,32,34)/t25-,28-/m0/s1. The van der Waals surface area contributed by atoms with Gasteiger partial charge in [0.2, 0.25) is 0 Å². The first-order chi connectivity index (χ1) is 17.5. The summed E-state index contributed by atoms with van der Waals surface area (Å²) >= 11 is 0. The summed E-state index contributed by atoms with van der Waals surface area (Å²) in [5.41, 5.74) is -0.589. The van der Waals surface area contributed by atoms with Gasteiger partial charge in [-0.15, -0.1) is 0 Å². The van der Waals surface area contributed by atoms with Crippen LogP contribution in [0.25, 0.3) is 0 Å². The van der Waals surface area contributed by atoms with E-state index in [1.165, 1.54) is 29.6 Å². The number of carbonyl (C=O) groups excluding carboxylic acids is 1. The van der Waals surface area contributed by atoms with E-state index in [1.807, 2.05) is 32.9 Å². The molecule has 0 radical (unpaired) electrons. The maximum atomic E-state index is 13.0. The fourth-order valence-corrected chi connectivity index (χ4v) is 10.1. The molecule has 2 aromatic carbocycles. The highest BCUT2D eigenvalue weighted by Gasteiger charge is 2.50. The summed E-state index contributed by atoms with van der Waals surface area (Å²) in [7, 11) is -2.77. The van der Waals surface area contributed by atoms with E-state index < -0.39 is 20.0 Å². The molecule has 1 saturated carbocycles. The number of aliphatic hydroxyl groups is 1. The van der Waals surface area contributed by atoms with E-state index >= 15 is 0 Å². The zero-order chi connectivity index (χ0) is 27.1. The lowest BCUT2D eigenvalue weighted by Gasteiger charge is -2.44. The van der Waals surface area contributed by atoms with Gasteiger partial charge < -0.3 is 19.6 Å². The summed E-state index contributed by atoms with van der Waals surface area (Å²) in [5, 5.41) is 15.4. The molecule has 0 aliphatic heterocycles. The van der Waals surface area contributed by atoms with Crippen LogP contribution in [0.4, 0.5) is 4.79 Å². The average Bonchev–Trinajstić information content (AvgIpc) is 2.79. The summed E-state index contributed by atoms with van der Waals surface area (Å²) in [6.07, 6.45) is 4.87. The van der Waals surface area contributed by atoms with E-state index in [0.717, 1.165) is 6.42 Å². The Labute approximate surface area is 225 Å². The van der Waals surface area contributed by atoms with Gasteiger partial charge in [-0.2, -0.15) is 0 Å². The van der Waals surface area contributed by atoms with Crippen molar-refractivity contribution in [1.29, 1.82) is 0 Å². The van der Waals surface area contributed by atoms with Crippen molar-refractivity contribution in [1.82, 2.24) is 5.32 Å². The summed E-state index contributed by atoms with van der Waals surface area (Å²) in [6.45, 7) is 12.9. The first-order valence-corrected chi connectivity index (χ1v) is 15.7. The fourth-order valence-electron chi connectivity index (χ4n) is 5.54. The summed E-state index contributed by atoms with van der Waals surface area (Å²) < 4.78 is 12.9. The van der Waals surface area contributed by atoms with Crippen molar-refractivity contribution < 1.29 is 19.1 Å². The van der Waals surface area contributed by atoms with Crippen LogP contribution in [0, 0.1) is 11.8 Å². The summed E-state index contributed by atoms with van der Waals surface area (Å²) in [4.78, 5) is 13.0. The Hall–Kier alpha value is -2.15. The van der Waals surface area contributed by atoms with Crippen LogP contribution < -0.4 is 15.7 Å². The van der Waals surface area contributed by atoms with Crippen LogP contribution in [-0.4, -0.2) is 44.4 Å². The zero-order valence-corrected chi connectivity index (χ0v) is 24.6. The van der Waals surface area contributed by atoms with Gasteiger partial charge in [0.05, 0.1) is 12.6 Å². The highest BCUT2D eigenvalue weighted by molar-refractivity contribution is 6.99. The minimum Gasteiger partial charge on any atom is -0.444 e. The van der Waals surface area contributed by atoms with Gasteiger partial charge in [-0.05, 0) is 60.9 Å². The normalized spacial score (nSPS) is 16.5. The second kappa shape index (κ2) is 12.6. The number of nitrogens with one attached hydrogen (secondary N) is 1. The first kappa shape index (κ1) is 29.4. The lowest BCUT2D eigenvalue weighted by molar-refractivity contribution is 0.0431. The highest BCUT2D eigenvalue weighted by atomic mass is 28.4. The van der Waals surface area contributed by atoms with Gasteiger partial charge in [0.15, 0.2) is 0 Å². The van der Waals surface area contributed by atoms with E-state index in [9.17, 15) is 9.90 Å². The minimum absolute atomic E-state index is 0.0864. The number of hydrogen-bond acceptors (Lipinski definition) is 4. The number of hydrogen-bond donors (Lipinski definition) is 2. The quantitative estimate of drug-likeness (QED) is 0.372. The number of aliphatic hydroxyl groups excluding tert-OH is 1. The summed E-state index contributed by atoms with van der Waals surface area (Å²) in [5.74, 6) is 0.758. The molecule has 6 heteroatoms. The second-order valence-electron chi connectivity index (χ2n) is 12.5. The predicted molar refractivity (Wildman–Crippen MR) is 154 cm³/mol. The van der Waals surface area contributed by atoms with Gasteiger partial charge in [0.25, 0.3) is 8.32 Å². The maximum absolute atomic E-state index is 13.0. The molecule has 0 heterocycles. The molecule has 1 aliphatic rings. The molecule has 2 atom stereocenters.